The summed E-state index contributed by atoms with van der Waals surface area (Å²) in [6, 6.07) is 25.7. The minimum absolute atomic E-state index is 0.0943. The lowest BCUT2D eigenvalue weighted by Gasteiger charge is -2.31. The van der Waals surface area contributed by atoms with Crippen molar-refractivity contribution in [1.29, 1.82) is 0 Å². The summed E-state index contributed by atoms with van der Waals surface area (Å²) in [6.07, 6.45) is 0. The molecular formula is C24H20N2O2. The van der Waals surface area contributed by atoms with Crippen molar-refractivity contribution >= 4 is 10.9 Å². The maximum atomic E-state index is 5.61. The van der Waals surface area contributed by atoms with Gasteiger partial charge in [-0.3, -0.25) is 0 Å². The number of hydrogen-bond donors (Lipinski definition) is 2. The molecule has 0 amide bonds. The Balaban J connectivity index is 1.53. The molecule has 4 heteroatoms. The van der Waals surface area contributed by atoms with E-state index in [0.29, 0.717) is 12.7 Å². The highest BCUT2D eigenvalue weighted by Crippen LogP contribution is 2.43. The maximum Gasteiger partial charge on any atom is 0.231 e. The van der Waals surface area contributed by atoms with E-state index in [-0.39, 0.29) is 6.04 Å². The van der Waals surface area contributed by atoms with Crippen LogP contribution in [0.3, 0.4) is 0 Å². The van der Waals surface area contributed by atoms with Gasteiger partial charge in [0, 0.05) is 29.1 Å². The molecule has 0 radical (unpaired) electrons. The second-order valence-corrected chi connectivity index (χ2v) is 7.42. The molecule has 2 N–H and O–H groups in total. The number of nitrogens with one attached hydrogen (secondary N) is 2. The van der Waals surface area contributed by atoms with Gasteiger partial charge < -0.3 is 19.8 Å². The van der Waals surface area contributed by atoms with Crippen molar-refractivity contribution in [2.75, 3.05) is 13.3 Å². The van der Waals surface area contributed by atoms with E-state index in [1.807, 2.05) is 6.07 Å². The lowest BCUT2D eigenvalue weighted by Crippen LogP contribution is -2.34. The Bertz CT molecular complexity index is 1170. The smallest absolute Gasteiger partial charge is 0.231 e. The summed E-state index contributed by atoms with van der Waals surface area (Å²) in [5.41, 5.74) is 6.33. The van der Waals surface area contributed by atoms with E-state index in [4.69, 9.17) is 9.47 Å². The van der Waals surface area contributed by atoms with Crippen LogP contribution in [-0.4, -0.2) is 18.3 Å². The molecular weight excluding hydrogens is 348 g/mol. The van der Waals surface area contributed by atoms with Crippen LogP contribution in [0.15, 0.2) is 72.8 Å². The van der Waals surface area contributed by atoms with Crippen LogP contribution in [0.2, 0.25) is 0 Å². The molecule has 3 aromatic carbocycles. The Labute approximate surface area is 163 Å². The van der Waals surface area contributed by atoms with E-state index < -0.39 is 0 Å². The average molecular weight is 368 g/mol. The molecule has 3 heterocycles. The Hall–Kier alpha value is -3.24. The van der Waals surface area contributed by atoms with Crippen molar-refractivity contribution in [2.24, 2.45) is 0 Å². The van der Waals surface area contributed by atoms with Crippen LogP contribution in [0.5, 0.6) is 11.5 Å². The first-order valence-corrected chi connectivity index (χ1v) is 9.67. The van der Waals surface area contributed by atoms with Gasteiger partial charge in [0.2, 0.25) is 6.79 Å². The third kappa shape index (κ3) is 2.35. The number of aromatic amines is 1. The standard InChI is InChI=1S/C24H20N2O2/c1-2-6-15(7-3-1)18-13-25-23(16-10-11-20-21(12-16)28-14-27-20)24-22(18)17-8-4-5-9-19(17)26-24/h1-12,18,23,25-26H,13-14H2. The van der Waals surface area contributed by atoms with E-state index in [1.165, 1.54) is 33.3 Å². The molecule has 138 valence electrons. The summed E-state index contributed by atoms with van der Waals surface area (Å²) in [5.74, 6) is 1.96. The molecule has 6 rings (SSSR count). The molecule has 0 bridgehead atoms. The van der Waals surface area contributed by atoms with Crippen LogP contribution in [0.25, 0.3) is 10.9 Å². The lowest BCUT2D eigenvalue weighted by atomic mass is 9.83. The Morgan fingerprint density at radius 2 is 1.61 bits per heavy atom. The Morgan fingerprint density at radius 3 is 2.54 bits per heavy atom. The number of benzene rings is 3. The fraction of sp³-hybridized carbons (Fsp3) is 0.167. The van der Waals surface area contributed by atoms with Crippen LogP contribution < -0.4 is 14.8 Å². The SMILES string of the molecule is c1ccc(C2CNC(c3ccc4c(c3)OCO4)c3[nH]c4ccccc4c32)cc1. The van der Waals surface area contributed by atoms with Gasteiger partial charge in [-0.2, -0.15) is 0 Å². The number of para-hydroxylation sites is 1. The number of hydrogen-bond acceptors (Lipinski definition) is 3. The number of ether oxygens (including phenoxy) is 2. The van der Waals surface area contributed by atoms with Crippen molar-refractivity contribution in [3.8, 4) is 11.5 Å². The minimum Gasteiger partial charge on any atom is -0.454 e. The van der Waals surface area contributed by atoms with Gasteiger partial charge in [-0.25, -0.2) is 0 Å². The summed E-state index contributed by atoms with van der Waals surface area (Å²) in [7, 11) is 0. The molecule has 0 spiro atoms. The first-order valence-electron chi connectivity index (χ1n) is 9.67. The highest BCUT2D eigenvalue weighted by Gasteiger charge is 2.32. The van der Waals surface area contributed by atoms with E-state index in [0.717, 1.165) is 18.0 Å². The molecule has 4 aromatic rings. The van der Waals surface area contributed by atoms with Crippen LogP contribution in [-0.2, 0) is 0 Å². The molecule has 2 aliphatic rings. The summed E-state index contributed by atoms with van der Waals surface area (Å²) < 4.78 is 11.1. The van der Waals surface area contributed by atoms with Gasteiger partial charge in [0.05, 0.1) is 6.04 Å². The molecule has 2 aliphatic heterocycles. The second-order valence-electron chi connectivity index (χ2n) is 7.42. The number of fused-ring (bicyclic) bond motifs is 4. The highest BCUT2D eigenvalue weighted by atomic mass is 16.7. The van der Waals surface area contributed by atoms with Crippen LogP contribution in [0, 0.1) is 0 Å². The number of aromatic nitrogens is 1. The summed E-state index contributed by atoms with van der Waals surface area (Å²) in [5, 5.41) is 5.07. The van der Waals surface area contributed by atoms with Crippen LogP contribution >= 0.6 is 0 Å². The second kappa shape index (κ2) is 6.14. The average Bonchev–Trinajstić information content (AvgIpc) is 3.38. The van der Waals surface area contributed by atoms with Gasteiger partial charge in [-0.1, -0.05) is 54.6 Å². The van der Waals surface area contributed by atoms with Gasteiger partial charge in [-0.05, 0) is 34.9 Å². The fourth-order valence-corrected chi connectivity index (χ4v) is 4.57. The van der Waals surface area contributed by atoms with Gasteiger partial charge in [0.15, 0.2) is 11.5 Å². The predicted octanol–water partition coefficient (Wildman–Crippen LogP) is 4.72. The topological polar surface area (TPSA) is 46.3 Å². The van der Waals surface area contributed by atoms with E-state index >= 15 is 0 Å². The van der Waals surface area contributed by atoms with Crippen LogP contribution in [0.4, 0.5) is 0 Å². The van der Waals surface area contributed by atoms with E-state index in [1.54, 1.807) is 0 Å². The zero-order valence-corrected chi connectivity index (χ0v) is 15.3. The molecule has 0 aliphatic carbocycles. The van der Waals surface area contributed by atoms with Crippen molar-refractivity contribution in [1.82, 2.24) is 10.3 Å². The zero-order valence-electron chi connectivity index (χ0n) is 15.3. The number of H-pyrrole nitrogens is 1. The quantitative estimate of drug-likeness (QED) is 0.538. The van der Waals surface area contributed by atoms with Crippen molar-refractivity contribution in [2.45, 2.75) is 12.0 Å². The van der Waals surface area contributed by atoms with Crippen molar-refractivity contribution in [3.05, 3.63) is 95.2 Å². The summed E-state index contributed by atoms with van der Waals surface area (Å²) in [4.78, 5) is 3.70. The maximum absolute atomic E-state index is 5.61. The largest absolute Gasteiger partial charge is 0.454 e. The molecule has 28 heavy (non-hydrogen) atoms. The fourth-order valence-electron chi connectivity index (χ4n) is 4.57. The molecule has 4 nitrogen and oxygen atoms in total. The normalized spacial score (nSPS) is 20.3. The van der Waals surface area contributed by atoms with E-state index in [2.05, 4.69) is 77.0 Å². The van der Waals surface area contributed by atoms with Crippen LogP contribution in [0.1, 0.15) is 34.3 Å². The van der Waals surface area contributed by atoms with Gasteiger partial charge in [0.25, 0.3) is 0 Å². The summed E-state index contributed by atoms with van der Waals surface area (Å²) in [6.45, 7) is 1.18. The van der Waals surface area contributed by atoms with Crippen molar-refractivity contribution < 1.29 is 9.47 Å². The minimum atomic E-state index is 0.0943. The first-order chi connectivity index (χ1) is 13.9. The molecule has 2 atom stereocenters. The predicted molar refractivity (Wildman–Crippen MR) is 109 cm³/mol. The van der Waals surface area contributed by atoms with Crippen molar-refractivity contribution in [3.63, 3.8) is 0 Å². The molecule has 0 saturated heterocycles. The number of rotatable bonds is 2. The first kappa shape index (κ1) is 15.8. The third-order valence-electron chi connectivity index (χ3n) is 5.87. The van der Waals surface area contributed by atoms with Gasteiger partial charge >= 0.3 is 0 Å². The molecule has 0 fully saturated rings. The third-order valence-corrected chi connectivity index (χ3v) is 5.87. The monoisotopic (exact) mass is 368 g/mol. The molecule has 0 saturated carbocycles. The Kier molecular flexibility index (Phi) is 3.46. The summed E-state index contributed by atoms with van der Waals surface area (Å²) >= 11 is 0. The lowest BCUT2D eigenvalue weighted by molar-refractivity contribution is 0.174. The van der Waals surface area contributed by atoms with Gasteiger partial charge in [0.1, 0.15) is 0 Å². The Morgan fingerprint density at radius 1 is 0.786 bits per heavy atom. The molecule has 2 unspecified atom stereocenters. The molecule has 1 aromatic heterocycles. The zero-order chi connectivity index (χ0) is 18.5. The van der Waals surface area contributed by atoms with Gasteiger partial charge in [-0.15, -0.1) is 0 Å². The van der Waals surface area contributed by atoms with E-state index in [9.17, 15) is 0 Å². The highest BCUT2D eigenvalue weighted by molar-refractivity contribution is 5.86.